The fourth-order valence-corrected chi connectivity index (χ4v) is 4.80. The molecule has 3 unspecified atom stereocenters. The van der Waals surface area contributed by atoms with Gasteiger partial charge in [-0.05, 0) is 36.5 Å². The van der Waals surface area contributed by atoms with Crippen LogP contribution in [-0.4, -0.2) is 75.9 Å². The lowest BCUT2D eigenvalue weighted by atomic mass is 9.85. The summed E-state index contributed by atoms with van der Waals surface area (Å²) in [4.78, 5) is 82.0. The molecule has 1 aromatic heterocycles. The molecule has 13 nitrogen and oxygen atoms in total. The Bertz CT molecular complexity index is 1120. The molecule has 2 aliphatic rings. The summed E-state index contributed by atoms with van der Waals surface area (Å²) < 4.78 is 5.09. The minimum atomic E-state index is -1.12. The van der Waals surface area contributed by atoms with Crippen molar-refractivity contribution in [2.45, 2.75) is 90.9 Å². The molecule has 1 aromatic rings. The molecule has 5 N–H and O–H groups in total. The first-order valence-electron chi connectivity index (χ1n) is 13.7. The van der Waals surface area contributed by atoms with E-state index in [1.807, 2.05) is 0 Å². The number of ketones is 2. The van der Waals surface area contributed by atoms with Crippen molar-refractivity contribution in [2.75, 3.05) is 6.54 Å². The summed E-state index contributed by atoms with van der Waals surface area (Å²) in [5.74, 6) is -3.69. The van der Waals surface area contributed by atoms with E-state index in [-0.39, 0.29) is 24.3 Å². The van der Waals surface area contributed by atoms with E-state index >= 15 is 0 Å². The molecule has 1 saturated carbocycles. The lowest BCUT2D eigenvalue weighted by molar-refractivity contribution is -0.143. The quantitative estimate of drug-likeness (QED) is 0.214. The average molecular weight is 561 g/mol. The van der Waals surface area contributed by atoms with Crippen molar-refractivity contribution in [1.82, 2.24) is 25.8 Å². The molecule has 5 amide bonds. The van der Waals surface area contributed by atoms with Gasteiger partial charge in [0.05, 0.1) is 12.2 Å². The van der Waals surface area contributed by atoms with Crippen LogP contribution in [0.3, 0.4) is 0 Å². The second-order valence-corrected chi connectivity index (χ2v) is 12.0. The van der Waals surface area contributed by atoms with Crippen LogP contribution in [0.4, 0.5) is 4.79 Å². The van der Waals surface area contributed by atoms with Gasteiger partial charge >= 0.3 is 6.03 Å². The Balaban J connectivity index is 1.72. The molecule has 0 aromatic carbocycles. The number of hydrogen-bond donors (Lipinski definition) is 4. The Kier molecular flexibility index (Phi) is 9.69. The number of aromatic nitrogens is 1. The van der Waals surface area contributed by atoms with Crippen LogP contribution < -0.4 is 21.7 Å². The van der Waals surface area contributed by atoms with Crippen molar-refractivity contribution in [3.8, 4) is 0 Å². The fourth-order valence-electron chi connectivity index (χ4n) is 4.80. The van der Waals surface area contributed by atoms with Crippen LogP contribution in [-0.2, 0) is 19.2 Å². The number of nitrogens with one attached hydrogen (secondary N) is 3. The Morgan fingerprint density at radius 2 is 1.75 bits per heavy atom. The normalized spacial score (nSPS) is 19.4. The first-order valence-corrected chi connectivity index (χ1v) is 13.7. The highest BCUT2D eigenvalue weighted by molar-refractivity contribution is 6.37. The summed E-state index contributed by atoms with van der Waals surface area (Å²) in [6, 6.07) is -4.64. The molecule has 1 saturated heterocycles. The van der Waals surface area contributed by atoms with Gasteiger partial charge < -0.3 is 31.0 Å². The van der Waals surface area contributed by atoms with Crippen molar-refractivity contribution in [3.63, 3.8) is 0 Å². The third-order valence-corrected chi connectivity index (χ3v) is 7.25. The fraction of sp³-hybridized carbons (Fsp3) is 0.667. The largest absolute Gasteiger partial charge is 0.442 e. The zero-order valence-electron chi connectivity index (χ0n) is 23.7. The maximum absolute atomic E-state index is 13.8. The van der Waals surface area contributed by atoms with Gasteiger partial charge in [0.2, 0.25) is 23.4 Å². The number of Topliss-reactive ketones (excluding diaryl/α,β-unsaturated/α-hetero) is 2. The molecule has 40 heavy (non-hydrogen) atoms. The van der Waals surface area contributed by atoms with Gasteiger partial charge in [0.1, 0.15) is 24.4 Å². The molecule has 1 aliphatic heterocycles. The van der Waals surface area contributed by atoms with E-state index < -0.39 is 64.9 Å². The number of amides is 5. The molecule has 220 valence electrons. The van der Waals surface area contributed by atoms with Gasteiger partial charge in [0, 0.05) is 6.54 Å². The van der Waals surface area contributed by atoms with E-state index in [0.29, 0.717) is 19.3 Å². The van der Waals surface area contributed by atoms with Crippen molar-refractivity contribution >= 4 is 35.3 Å². The third-order valence-electron chi connectivity index (χ3n) is 7.25. The standard InChI is InChI=1S/C27H40N6O7/c1-14(2)18(20(35)24-29-10-12-40-24)31-26(39)32-21(27(3,4)5)25(38)33-11-6-7-17(33)23(37)30-16(13-15-8-9-15)19(34)22(28)36/h10,12,14-18,21H,6-9,11,13H2,1-5H3,(H2,28,36)(H,30,37)(H2,31,32,39)/t16?,17-,18?,21?/m0/s1. The average Bonchev–Trinajstić information content (AvgIpc) is 3.32. The van der Waals surface area contributed by atoms with Crippen LogP contribution in [0.2, 0.25) is 0 Å². The third kappa shape index (κ3) is 7.66. The minimum Gasteiger partial charge on any atom is -0.442 e. The predicted molar refractivity (Wildman–Crippen MR) is 143 cm³/mol. The lowest BCUT2D eigenvalue weighted by Crippen LogP contribution is -2.61. The summed E-state index contributed by atoms with van der Waals surface area (Å²) in [7, 11) is 0. The molecule has 3 rings (SSSR count). The minimum absolute atomic E-state index is 0.136. The predicted octanol–water partition coefficient (Wildman–Crippen LogP) is 0.926. The topological polar surface area (TPSA) is 194 Å². The van der Waals surface area contributed by atoms with Crippen LogP contribution >= 0.6 is 0 Å². The van der Waals surface area contributed by atoms with E-state index in [1.165, 1.54) is 17.4 Å². The van der Waals surface area contributed by atoms with Gasteiger partial charge in [-0.1, -0.05) is 47.5 Å². The Hall–Kier alpha value is -3.77. The summed E-state index contributed by atoms with van der Waals surface area (Å²) in [5, 5.41) is 7.97. The molecule has 0 spiro atoms. The molecule has 1 aliphatic carbocycles. The summed E-state index contributed by atoms with van der Waals surface area (Å²) >= 11 is 0. The van der Waals surface area contributed by atoms with E-state index in [9.17, 15) is 28.8 Å². The number of nitrogens with two attached hydrogens (primary N) is 1. The zero-order valence-corrected chi connectivity index (χ0v) is 23.7. The SMILES string of the molecule is CC(C)C(NC(=O)NC(C(=O)N1CCC[C@H]1C(=O)NC(CC1CC1)C(=O)C(N)=O)C(C)(C)C)C(=O)c1ncco1. The van der Waals surface area contributed by atoms with Gasteiger partial charge in [-0.2, -0.15) is 0 Å². The molecule has 0 bridgehead atoms. The number of oxazole rings is 1. The number of urea groups is 1. The monoisotopic (exact) mass is 560 g/mol. The molecule has 2 heterocycles. The van der Waals surface area contributed by atoms with Crippen LogP contribution in [0.15, 0.2) is 16.9 Å². The highest BCUT2D eigenvalue weighted by Crippen LogP contribution is 2.34. The van der Waals surface area contributed by atoms with Crippen LogP contribution in [0.1, 0.15) is 77.4 Å². The first-order chi connectivity index (χ1) is 18.7. The van der Waals surface area contributed by atoms with E-state index in [4.69, 9.17) is 10.2 Å². The van der Waals surface area contributed by atoms with Crippen LogP contribution in [0.5, 0.6) is 0 Å². The Labute approximate surface area is 233 Å². The molecule has 2 fully saturated rings. The maximum atomic E-state index is 13.8. The van der Waals surface area contributed by atoms with Crippen molar-refractivity contribution < 1.29 is 33.2 Å². The van der Waals surface area contributed by atoms with E-state index in [1.54, 1.807) is 34.6 Å². The molecule has 13 heteroatoms. The highest BCUT2D eigenvalue weighted by Gasteiger charge is 2.43. The smallest absolute Gasteiger partial charge is 0.316 e. The number of likely N-dealkylation sites (tertiary alicyclic amines) is 1. The number of carbonyl (C=O) groups excluding carboxylic acids is 6. The Morgan fingerprint density at radius 1 is 1.07 bits per heavy atom. The Morgan fingerprint density at radius 3 is 2.27 bits per heavy atom. The zero-order chi connectivity index (χ0) is 29.8. The maximum Gasteiger partial charge on any atom is 0.316 e. The molecule has 0 radical (unpaired) electrons. The number of hydrogen-bond acceptors (Lipinski definition) is 8. The second kappa shape index (κ2) is 12.6. The first kappa shape index (κ1) is 30.8. The van der Waals surface area contributed by atoms with Crippen LogP contribution in [0, 0.1) is 17.3 Å². The van der Waals surface area contributed by atoms with Gasteiger partial charge in [-0.15, -0.1) is 0 Å². The summed E-state index contributed by atoms with van der Waals surface area (Å²) in [5.41, 5.74) is 4.44. The van der Waals surface area contributed by atoms with Crippen molar-refractivity contribution in [1.29, 1.82) is 0 Å². The molecular weight excluding hydrogens is 520 g/mol. The van der Waals surface area contributed by atoms with E-state index in [2.05, 4.69) is 20.9 Å². The van der Waals surface area contributed by atoms with Crippen LogP contribution in [0.25, 0.3) is 0 Å². The number of primary amides is 1. The van der Waals surface area contributed by atoms with Crippen molar-refractivity contribution in [2.24, 2.45) is 23.0 Å². The van der Waals surface area contributed by atoms with E-state index in [0.717, 1.165) is 12.8 Å². The number of nitrogens with zero attached hydrogens (tertiary/aromatic N) is 2. The second-order valence-electron chi connectivity index (χ2n) is 12.0. The summed E-state index contributed by atoms with van der Waals surface area (Å²) in [6.07, 6.45) is 5.65. The molecular formula is C27H40N6O7. The van der Waals surface area contributed by atoms with Gasteiger partial charge in [-0.25, -0.2) is 9.78 Å². The number of carbonyl (C=O) groups is 6. The van der Waals surface area contributed by atoms with Crippen molar-refractivity contribution in [3.05, 3.63) is 18.4 Å². The highest BCUT2D eigenvalue weighted by atomic mass is 16.3. The number of rotatable bonds is 12. The lowest BCUT2D eigenvalue weighted by Gasteiger charge is -2.36. The van der Waals surface area contributed by atoms with Gasteiger partial charge in [0.25, 0.3) is 11.8 Å². The van der Waals surface area contributed by atoms with Gasteiger partial charge in [0.15, 0.2) is 0 Å². The summed E-state index contributed by atoms with van der Waals surface area (Å²) in [6.45, 7) is 9.11. The van der Waals surface area contributed by atoms with Gasteiger partial charge in [-0.3, -0.25) is 24.0 Å². The molecule has 4 atom stereocenters.